The van der Waals surface area contributed by atoms with Crippen LogP contribution in [0.4, 0.5) is 0 Å². The van der Waals surface area contributed by atoms with E-state index in [0.717, 1.165) is 5.56 Å². The first-order chi connectivity index (χ1) is 9.65. The first-order valence-electron chi connectivity index (χ1n) is 6.38. The molecule has 0 aliphatic carbocycles. The van der Waals surface area contributed by atoms with Gasteiger partial charge in [-0.3, -0.25) is 0 Å². The van der Waals surface area contributed by atoms with Crippen molar-refractivity contribution in [1.29, 1.82) is 0 Å². The zero-order chi connectivity index (χ0) is 14.5. The summed E-state index contributed by atoms with van der Waals surface area (Å²) < 4.78 is 16.3. The maximum Gasteiger partial charge on any atom is 0.371 e. The van der Waals surface area contributed by atoms with Crippen LogP contribution in [-0.4, -0.2) is 24.3 Å². The van der Waals surface area contributed by atoms with Gasteiger partial charge in [-0.25, -0.2) is 4.79 Å². The van der Waals surface area contributed by atoms with Gasteiger partial charge < -0.3 is 19.0 Å². The molecule has 1 aromatic carbocycles. The normalized spacial score (nSPS) is 10.3. The maximum atomic E-state index is 10.8. The highest BCUT2D eigenvalue weighted by Gasteiger charge is 2.13. The van der Waals surface area contributed by atoms with E-state index in [1.165, 1.54) is 6.07 Å². The fourth-order valence-corrected chi connectivity index (χ4v) is 1.81. The van der Waals surface area contributed by atoms with E-state index in [1.54, 1.807) is 24.3 Å². The van der Waals surface area contributed by atoms with Crippen LogP contribution in [0.3, 0.4) is 0 Å². The molecular formula is C15H16O5. The molecule has 5 nitrogen and oxygen atoms in total. The number of aromatic carboxylic acids is 1. The van der Waals surface area contributed by atoms with Crippen molar-refractivity contribution in [2.75, 3.05) is 13.2 Å². The SMILES string of the molecule is CCOc1ccc(-c2ccc(C(=O)O)o2)cc1OCC. The summed E-state index contributed by atoms with van der Waals surface area (Å²) in [7, 11) is 0. The minimum atomic E-state index is -1.09. The summed E-state index contributed by atoms with van der Waals surface area (Å²) in [6, 6.07) is 8.41. The second-order valence-corrected chi connectivity index (χ2v) is 4.00. The van der Waals surface area contributed by atoms with Gasteiger partial charge in [0.05, 0.1) is 13.2 Å². The molecular weight excluding hydrogens is 260 g/mol. The van der Waals surface area contributed by atoms with Gasteiger partial charge in [-0.1, -0.05) is 0 Å². The van der Waals surface area contributed by atoms with Crippen LogP contribution >= 0.6 is 0 Å². The Hall–Kier alpha value is -2.43. The molecule has 0 atom stereocenters. The fourth-order valence-electron chi connectivity index (χ4n) is 1.81. The summed E-state index contributed by atoms with van der Waals surface area (Å²) in [5, 5.41) is 8.86. The Balaban J connectivity index is 2.36. The molecule has 0 amide bonds. The molecule has 2 rings (SSSR count). The van der Waals surface area contributed by atoms with Gasteiger partial charge >= 0.3 is 5.97 Å². The third-order valence-electron chi connectivity index (χ3n) is 2.64. The van der Waals surface area contributed by atoms with Crippen LogP contribution in [0.1, 0.15) is 24.4 Å². The van der Waals surface area contributed by atoms with Crippen LogP contribution in [0.5, 0.6) is 11.5 Å². The summed E-state index contributed by atoms with van der Waals surface area (Å²) in [5.74, 6) is 0.564. The van der Waals surface area contributed by atoms with E-state index in [2.05, 4.69) is 0 Å². The van der Waals surface area contributed by atoms with E-state index in [4.69, 9.17) is 19.0 Å². The lowest BCUT2D eigenvalue weighted by Crippen LogP contribution is -1.98. The number of carboxylic acid groups (broad SMARTS) is 1. The lowest BCUT2D eigenvalue weighted by molar-refractivity contribution is 0.0663. The van der Waals surface area contributed by atoms with Crippen LogP contribution in [0, 0.1) is 0 Å². The quantitative estimate of drug-likeness (QED) is 0.875. The molecule has 0 unspecified atom stereocenters. The van der Waals surface area contributed by atoms with Gasteiger partial charge in [0.2, 0.25) is 5.76 Å². The minimum absolute atomic E-state index is 0.0909. The fraction of sp³-hybridized carbons (Fsp3) is 0.267. The second kappa shape index (κ2) is 6.14. The van der Waals surface area contributed by atoms with Crippen molar-refractivity contribution < 1.29 is 23.8 Å². The first-order valence-corrected chi connectivity index (χ1v) is 6.38. The molecule has 0 fully saturated rings. The van der Waals surface area contributed by atoms with Crippen LogP contribution in [0.2, 0.25) is 0 Å². The molecule has 1 aromatic heterocycles. The average molecular weight is 276 g/mol. The molecule has 0 bridgehead atoms. The largest absolute Gasteiger partial charge is 0.490 e. The van der Waals surface area contributed by atoms with Crippen molar-refractivity contribution in [2.45, 2.75) is 13.8 Å². The van der Waals surface area contributed by atoms with E-state index in [1.807, 2.05) is 13.8 Å². The van der Waals surface area contributed by atoms with E-state index in [9.17, 15) is 4.79 Å². The molecule has 2 aromatic rings. The van der Waals surface area contributed by atoms with E-state index < -0.39 is 5.97 Å². The summed E-state index contributed by atoms with van der Waals surface area (Å²) in [6.45, 7) is 4.85. The van der Waals surface area contributed by atoms with E-state index >= 15 is 0 Å². The monoisotopic (exact) mass is 276 g/mol. The van der Waals surface area contributed by atoms with Gasteiger partial charge in [0.25, 0.3) is 0 Å². The number of carboxylic acids is 1. The second-order valence-electron chi connectivity index (χ2n) is 4.00. The van der Waals surface area contributed by atoms with Crippen LogP contribution in [0.25, 0.3) is 11.3 Å². The van der Waals surface area contributed by atoms with Gasteiger partial charge in [-0.2, -0.15) is 0 Å². The lowest BCUT2D eigenvalue weighted by Gasteiger charge is -2.11. The summed E-state index contributed by atoms with van der Waals surface area (Å²) in [4.78, 5) is 10.8. The van der Waals surface area contributed by atoms with Crippen molar-refractivity contribution in [1.82, 2.24) is 0 Å². The molecule has 0 saturated heterocycles. The predicted molar refractivity (Wildman–Crippen MR) is 73.4 cm³/mol. The number of ether oxygens (including phenoxy) is 2. The van der Waals surface area contributed by atoms with E-state index in [-0.39, 0.29) is 5.76 Å². The number of rotatable bonds is 6. The Morgan fingerprint density at radius 1 is 1.10 bits per heavy atom. The number of hydrogen-bond donors (Lipinski definition) is 1. The minimum Gasteiger partial charge on any atom is -0.490 e. The summed E-state index contributed by atoms with van der Waals surface area (Å²) in [6.07, 6.45) is 0. The standard InChI is InChI=1S/C15H16O5/c1-3-18-12-6-5-10(9-14(12)19-4-2)11-7-8-13(20-11)15(16)17/h5-9H,3-4H2,1-2H3,(H,16,17). The van der Waals surface area contributed by atoms with Gasteiger partial charge in [-0.15, -0.1) is 0 Å². The molecule has 106 valence electrons. The van der Waals surface area contributed by atoms with Crippen molar-refractivity contribution in [2.24, 2.45) is 0 Å². The molecule has 0 saturated carbocycles. The molecule has 0 aliphatic rings. The Morgan fingerprint density at radius 2 is 1.80 bits per heavy atom. The number of hydrogen-bond acceptors (Lipinski definition) is 4. The van der Waals surface area contributed by atoms with Crippen molar-refractivity contribution >= 4 is 5.97 Å². The number of carbonyl (C=O) groups is 1. The molecule has 0 aliphatic heterocycles. The van der Waals surface area contributed by atoms with Crippen molar-refractivity contribution in [3.05, 3.63) is 36.1 Å². The highest BCUT2D eigenvalue weighted by atomic mass is 16.5. The highest BCUT2D eigenvalue weighted by molar-refractivity contribution is 5.85. The topological polar surface area (TPSA) is 68.9 Å². The van der Waals surface area contributed by atoms with Crippen molar-refractivity contribution in [3.63, 3.8) is 0 Å². The van der Waals surface area contributed by atoms with Gasteiger partial charge in [-0.05, 0) is 44.2 Å². The molecule has 20 heavy (non-hydrogen) atoms. The molecule has 0 spiro atoms. The zero-order valence-corrected chi connectivity index (χ0v) is 11.4. The van der Waals surface area contributed by atoms with Crippen LogP contribution in [-0.2, 0) is 0 Å². The first kappa shape index (κ1) is 14.0. The summed E-state index contributed by atoms with van der Waals surface area (Å²) >= 11 is 0. The molecule has 5 heteroatoms. The third kappa shape index (κ3) is 2.93. The predicted octanol–water partition coefficient (Wildman–Crippen LogP) is 3.44. The lowest BCUT2D eigenvalue weighted by atomic mass is 10.1. The Bertz CT molecular complexity index is 600. The average Bonchev–Trinajstić information content (AvgIpc) is 2.91. The Kier molecular flexibility index (Phi) is 4.30. The maximum absolute atomic E-state index is 10.8. The van der Waals surface area contributed by atoms with Gasteiger partial charge in [0.15, 0.2) is 11.5 Å². The number of benzene rings is 1. The van der Waals surface area contributed by atoms with Crippen LogP contribution < -0.4 is 9.47 Å². The van der Waals surface area contributed by atoms with Crippen molar-refractivity contribution in [3.8, 4) is 22.8 Å². The molecule has 1 heterocycles. The van der Waals surface area contributed by atoms with Crippen LogP contribution in [0.15, 0.2) is 34.7 Å². The third-order valence-corrected chi connectivity index (χ3v) is 2.64. The Labute approximate surface area is 116 Å². The molecule has 0 radical (unpaired) electrons. The smallest absolute Gasteiger partial charge is 0.371 e. The zero-order valence-electron chi connectivity index (χ0n) is 11.4. The highest BCUT2D eigenvalue weighted by Crippen LogP contribution is 2.33. The number of furan rings is 1. The van der Waals surface area contributed by atoms with E-state index in [0.29, 0.717) is 30.5 Å². The molecule has 1 N–H and O–H groups in total. The Morgan fingerprint density at radius 3 is 2.40 bits per heavy atom. The van der Waals surface area contributed by atoms with Gasteiger partial charge in [0, 0.05) is 5.56 Å². The van der Waals surface area contributed by atoms with Gasteiger partial charge in [0.1, 0.15) is 5.76 Å². The summed E-state index contributed by atoms with van der Waals surface area (Å²) in [5.41, 5.74) is 0.740.